The Balaban J connectivity index is 2.75. The summed E-state index contributed by atoms with van der Waals surface area (Å²) in [5.41, 5.74) is 5.13. The molecular weight excluding hydrogens is 214 g/mol. The van der Waals surface area contributed by atoms with Gasteiger partial charge in [0.1, 0.15) is 0 Å². The van der Waals surface area contributed by atoms with E-state index in [0.29, 0.717) is 13.0 Å². The number of nitrogens with two attached hydrogens (primary N) is 1. The monoisotopic (exact) mass is 235 g/mol. The Morgan fingerprint density at radius 1 is 1.53 bits per heavy atom. The van der Waals surface area contributed by atoms with Crippen molar-refractivity contribution in [3.8, 4) is 0 Å². The average molecular weight is 235 g/mol. The molecule has 90 valence electrons. The molecular formula is C9H21N3O2S. The van der Waals surface area contributed by atoms with Gasteiger partial charge in [-0.3, -0.25) is 0 Å². The molecule has 0 aromatic heterocycles. The molecule has 0 spiro atoms. The van der Waals surface area contributed by atoms with Crippen LogP contribution in [0.25, 0.3) is 0 Å². The van der Waals surface area contributed by atoms with Crippen LogP contribution in [-0.4, -0.2) is 37.9 Å². The van der Waals surface area contributed by atoms with Crippen LogP contribution in [0.3, 0.4) is 0 Å². The Hall–Kier alpha value is -0.170. The molecule has 0 aromatic rings. The summed E-state index contributed by atoms with van der Waals surface area (Å²) in [4.78, 5) is 0. The first kappa shape index (κ1) is 12.9. The van der Waals surface area contributed by atoms with E-state index in [2.05, 4.69) is 4.72 Å². The summed E-state index contributed by atoms with van der Waals surface area (Å²) in [6, 6.07) is 0.135. The summed E-state index contributed by atoms with van der Waals surface area (Å²) >= 11 is 0. The van der Waals surface area contributed by atoms with Gasteiger partial charge in [0.2, 0.25) is 0 Å². The van der Waals surface area contributed by atoms with Crippen molar-refractivity contribution in [3.05, 3.63) is 0 Å². The second kappa shape index (κ2) is 4.37. The molecule has 1 atom stereocenters. The highest BCUT2D eigenvalue weighted by Crippen LogP contribution is 2.24. The molecule has 1 saturated carbocycles. The molecule has 0 aliphatic heterocycles. The van der Waals surface area contributed by atoms with Gasteiger partial charge in [-0.05, 0) is 26.2 Å². The highest BCUT2D eigenvalue weighted by atomic mass is 32.2. The van der Waals surface area contributed by atoms with Crippen LogP contribution in [0, 0.1) is 0 Å². The van der Waals surface area contributed by atoms with Crippen molar-refractivity contribution < 1.29 is 8.42 Å². The molecule has 1 fully saturated rings. The number of nitrogens with zero attached hydrogens (tertiary/aromatic N) is 1. The molecule has 0 radical (unpaired) electrons. The molecule has 0 heterocycles. The van der Waals surface area contributed by atoms with E-state index in [1.165, 1.54) is 4.31 Å². The van der Waals surface area contributed by atoms with Gasteiger partial charge in [-0.1, -0.05) is 6.92 Å². The second-order valence-corrected chi connectivity index (χ2v) is 6.15. The summed E-state index contributed by atoms with van der Waals surface area (Å²) in [5, 5.41) is 0. The van der Waals surface area contributed by atoms with Gasteiger partial charge in [0, 0.05) is 25.2 Å². The van der Waals surface area contributed by atoms with Crippen molar-refractivity contribution in [2.75, 3.05) is 13.6 Å². The summed E-state index contributed by atoms with van der Waals surface area (Å²) < 4.78 is 27.8. The van der Waals surface area contributed by atoms with Crippen LogP contribution in [0.1, 0.15) is 33.1 Å². The van der Waals surface area contributed by atoms with Crippen LogP contribution in [0.4, 0.5) is 0 Å². The fourth-order valence-electron chi connectivity index (χ4n) is 1.28. The molecule has 5 nitrogen and oxygen atoms in total. The van der Waals surface area contributed by atoms with Crippen molar-refractivity contribution in [1.29, 1.82) is 0 Å². The van der Waals surface area contributed by atoms with E-state index in [1.54, 1.807) is 7.05 Å². The van der Waals surface area contributed by atoms with Gasteiger partial charge in [0.05, 0.1) is 0 Å². The predicted octanol–water partition coefficient (Wildman–Crippen LogP) is 0.0424. The summed E-state index contributed by atoms with van der Waals surface area (Å²) in [6.45, 7) is 4.13. The lowest BCUT2D eigenvalue weighted by Gasteiger charge is -2.36. The number of hydrogen-bond donors (Lipinski definition) is 2. The van der Waals surface area contributed by atoms with E-state index < -0.39 is 15.7 Å². The summed E-state index contributed by atoms with van der Waals surface area (Å²) in [5.74, 6) is 0. The number of likely N-dealkylation sites (N-methyl/N-ethyl adjacent to an activating group) is 1. The minimum Gasteiger partial charge on any atom is -0.329 e. The number of hydrogen-bond acceptors (Lipinski definition) is 3. The molecule has 0 saturated heterocycles. The molecule has 15 heavy (non-hydrogen) atoms. The number of rotatable bonds is 6. The number of nitrogens with one attached hydrogen (secondary N) is 1. The lowest BCUT2D eigenvalue weighted by atomic mass is 10.00. The lowest BCUT2D eigenvalue weighted by Crippen LogP contribution is -2.55. The predicted molar refractivity (Wildman–Crippen MR) is 60.6 cm³/mol. The van der Waals surface area contributed by atoms with Gasteiger partial charge in [-0.25, -0.2) is 0 Å². The Labute approximate surface area is 92.2 Å². The largest absolute Gasteiger partial charge is 0.329 e. The highest BCUT2D eigenvalue weighted by Gasteiger charge is 2.37. The average Bonchev–Trinajstić information content (AvgIpc) is 2.98. The standard InChI is InChI=1S/C9H21N3O2S/c1-4-9(2,7-10)12(3)15(13,14)11-8-5-6-8/h8,11H,4-7,10H2,1-3H3. The van der Waals surface area contributed by atoms with E-state index in [9.17, 15) is 8.42 Å². The minimum absolute atomic E-state index is 0.135. The van der Waals surface area contributed by atoms with Gasteiger partial charge < -0.3 is 5.73 Å². The first-order valence-corrected chi connectivity index (χ1v) is 6.76. The Kier molecular flexibility index (Phi) is 3.76. The Bertz CT molecular complexity index is 307. The molecule has 1 rings (SSSR count). The zero-order chi connectivity index (χ0) is 11.7. The summed E-state index contributed by atoms with van der Waals surface area (Å²) in [7, 11) is -1.79. The second-order valence-electron chi connectivity index (χ2n) is 4.42. The summed E-state index contributed by atoms with van der Waals surface area (Å²) in [6.07, 6.45) is 2.59. The van der Waals surface area contributed by atoms with Gasteiger partial charge in [-0.15, -0.1) is 0 Å². The van der Waals surface area contributed by atoms with Crippen molar-refractivity contribution >= 4 is 10.2 Å². The molecule has 0 amide bonds. The third-order valence-electron chi connectivity index (χ3n) is 3.22. The highest BCUT2D eigenvalue weighted by molar-refractivity contribution is 7.87. The van der Waals surface area contributed by atoms with E-state index in [-0.39, 0.29) is 6.04 Å². The van der Waals surface area contributed by atoms with Crippen molar-refractivity contribution in [2.45, 2.75) is 44.7 Å². The van der Waals surface area contributed by atoms with E-state index in [0.717, 1.165) is 12.8 Å². The smallest absolute Gasteiger partial charge is 0.279 e. The van der Waals surface area contributed by atoms with Crippen LogP contribution >= 0.6 is 0 Å². The lowest BCUT2D eigenvalue weighted by molar-refractivity contribution is 0.237. The third-order valence-corrected chi connectivity index (χ3v) is 5.01. The van der Waals surface area contributed by atoms with Crippen LogP contribution < -0.4 is 10.5 Å². The van der Waals surface area contributed by atoms with E-state index >= 15 is 0 Å². The Morgan fingerprint density at radius 3 is 2.40 bits per heavy atom. The van der Waals surface area contributed by atoms with Crippen LogP contribution in [0.2, 0.25) is 0 Å². The first-order chi connectivity index (χ1) is 6.85. The van der Waals surface area contributed by atoms with Crippen molar-refractivity contribution in [3.63, 3.8) is 0 Å². The Morgan fingerprint density at radius 2 is 2.07 bits per heavy atom. The van der Waals surface area contributed by atoms with Crippen LogP contribution in [0.5, 0.6) is 0 Å². The topological polar surface area (TPSA) is 75.4 Å². The maximum absolute atomic E-state index is 11.9. The van der Waals surface area contributed by atoms with E-state index in [4.69, 9.17) is 5.73 Å². The van der Waals surface area contributed by atoms with Crippen molar-refractivity contribution in [1.82, 2.24) is 9.03 Å². The van der Waals surface area contributed by atoms with Gasteiger partial charge >= 0.3 is 0 Å². The van der Waals surface area contributed by atoms with Gasteiger partial charge in [-0.2, -0.15) is 17.4 Å². The molecule has 0 bridgehead atoms. The maximum Gasteiger partial charge on any atom is 0.279 e. The molecule has 1 aliphatic rings. The quantitative estimate of drug-likeness (QED) is 0.682. The fourth-order valence-corrected chi connectivity index (χ4v) is 2.88. The molecule has 6 heteroatoms. The molecule has 3 N–H and O–H groups in total. The first-order valence-electron chi connectivity index (χ1n) is 5.32. The van der Waals surface area contributed by atoms with Crippen LogP contribution in [0.15, 0.2) is 0 Å². The SMILES string of the molecule is CCC(C)(CN)N(C)S(=O)(=O)NC1CC1. The molecule has 1 unspecified atom stereocenters. The van der Waals surface area contributed by atoms with Crippen LogP contribution in [-0.2, 0) is 10.2 Å². The third kappa shape index (κ3) is 2.90. The normalized spacial score (nSPS) is 21.7. The molecule has 0 aromatic carbocycles. The maximum atomic E-state index is 11.9. The minimum atomic E-state index is -3.38. The molecule has 1 aliphatic carbocycles. The fraction of sp³-hybridized carbons (Fsp3) is 1.00. The van der Waals surface area contributed by atoms with Gasteiger partial charge in [0.25, 0.3) is 10.2 Å². The van der Waals surface area contributed by atoms with Crippen molar-refractivity contribution in [2.24, 2.45) is 5.73 Å². The van der Waals surface area contributed by atoms with Gasteiger partial charge in [0.15, 0.2) is 0 Å². The zero-order valence-electron chi connectivity index (χ0n) is 9.66. The van der Waals surface area contributed by atoms with E-state index in [1.807, 2.05) is 13.8 Å². The zero-order valence-corrected chi connectivity index (χ0v) is 10.5.